The second-order valence-electron chi connectivity index (χ2n) is 5.88. The largest absolute Gasteiger partial charge is 0.490 e. The normalized spacial score (nSPS) is 15.7. The van der Waals surface area contributed by atoms with Crippen LogP contribution in [-0.2, 0) is 13.1 Å². The average Bonchev–Trinajstić information content (AvgIpc) is 2.88. The Balaban J connectivity index is 1.41. The molecule has 0 saturated carbocycles. The lowest BCUT2D eigenvalue weighted by molar-refractivity contribution is 0.171. The number of rotatable bonds is 4. The van der Waals surface area contributed by atoms with Crippen LogP contribution in [0.4, 0.5) is 0 Å². The van der Waals surface area contributed by atoms with E-state index in [1.165, 1.54) is 5.56 Å². The zero-order valence-corrected chi connectivity index (χ0v) is 13.5. The van der Waals surface area contributed by atoms with Crippen LogP contribution in [0.5, 0.6) is 23.0 Å². The summed E-state index contributed by atoms with van der Waals surface area (Å²) in [6, 6.07) is 12.1. The first kappa shape index (κ1) is 15.1. The van der Waals surface area contributed by atoms with Gasteiger partial charge in [0.1, 0.15) is 13.2 Å². The lowest BCUT2D eigenvalue weighted by Gasteiger charge is -2.19. The molecule has 5 heteroatoms. The van der Waals surface area contributed by atoms with Crippen molar-refractivity contribution in [3.8, 4) is 23.0 Å². The quantitative estimate of drug-likeness (QED) is 0.936. The lowest BCUT2D eigenvalue weighted by atomic mass is 10.1. The molecule has 0 amide bonds. The van der Waals surface area contributed by atoms with Crippen LogP contribution < -0.4 is 24.3 Å². The third kappa shape index (κ3) is 3.26. The molecule has 24 heavy (non-hydrogen) atoms. The van der Waals surface area contributed by atoms with E-state index in [-0.39, 0.29) is 0 Å². The molecule has 0 aromatic heterocycles. The zero-order valence-electron chi connectivity index (χ0n) is 13.5. The zero-order chi connectivity index (χ0) is 16.2. The maximum absolute atomic E-state index is 5.86. The molecule has 126 valence electrons. The highest BCUT2D eigenvalue weighted by Crippen LogP contribution is 2.33. The van der Waals surface area contributed by atoms with E-state index in [0.717, 1.165) is 48.1 Å². The summed E-state index contributed by atoms with van der Waals surface area (Å²) in [5.41, 5.74) is 2.28. The van der Waals surface area contributed by atoms with Gasteiger partial charge in [-0.05, 0) is 23.8 Å². The molecule has 1 N–H and O–H groups in total. The van der Waals surface area contributed by atoms with Crippen molar-refractivity contribution in [1.82, 2.24) is 5.32 Å². The van der Waals surface area contributed by atoms with Crippen LogP contribution in [0.2, 0.25) is 0 Å². The fourth-order valence-electron chi connectivity index (χ4n) is 2.93. The van der Waals surface area contributed by atoms with Gasteiger partial charge in [0, 0.05) is 25.1 Å². The minimum atomic E-state index is 0.609. The Morgan fingerprint density at radius 2 is 1.58 bits per heavy atom. The van der Waals surface area contributed by atoms with Gasteiger partial charge in [-0.15, -0.1) is 0 Å². The molecule has 0 atom stereocenters. The number of para-hydroxylation sites is 1. The summed E-state index contributed by atoms with van der Waals surface area (Å²) in [5.74, 6) is 3.35. The van der Waals surface area contributed by atoms with E-state index in [0.29, 0.717) is 26.4 Å². The van der Waals surface area contributed by atoms with E-state index in [9.17, 15) is 0 Å². The summed E-state index contributed by atoms with van der Waals surface area (Å²) in [6.45, 7) is 4.11. The molecule has 2 aromatic carbocycles. The maximum atomic E-state index is 5.86. The highest BCUT2D eigenvalue weighted by Gasteiger charge is 2.15. The van der Waals surface area contributed by atoms with Gasteiger partial charge in [-0.2, -0.15) is 0 Å². The predicted octanol–water partition coefficient (Wildman–Crippen LogP) is 2.91. The van der Waals surface area contributed by atoms with Crippen LogP contribution in [0.1, 0.15) is 17.5 Å². The number of ether oxygens (including phenoxy) is 4. The molecule has 0 unspecified atom stereocenters. The van der Waals surface area contributed by atoms with Gasteiger partial charge >= 0.3 is 0 Å². The summed E-state index contributed by atoms with van der Waals surface area (Å²) in [6.07, 6.45) is 0.915. The van der Waals surface area contributed by atoms with Crippen LogP contribution in [0, 0.1) is 0 Å². The first-order chi connectivity index (χ1) is 11.9. The molecule has 0 fully saturated rings. The molecule has 0 radical (unpaired) electrons. The van der Waals surface area contributed by atoms with Crippen molar-refractivity contribution >= 4 is 0 Å². The smallest absolute Gasteiger partial charge is 0.165 e. The molecule has 2 aromatic rings. The van der Waals surface area contributed by atoms with Crippen LogP contribution in [0.3, 0.4) is 0 Å². The minimum absolute atomic E-state index is 0.609. The van der Waals surface area contributed by atoms with Crippen molar-refractivity contribution in [2.75, 3.05) is 26.4 Å². The Kier molecular flexibility index (Phi) is 4.42. The van der Waals surface area contributed by atoms with Gasteiger partial charge < -0.3 is 24.3 Å². The van der Waals surface area contributed by atoms with E-state index in [4.69, 9.17) is 18.9 Å². The topological polar surface area (TPSA) is 49.0 Å². The molecular weight excluding hydrogens is 306 g/mol. The number of benzene rings is 2. The molecule has 0 spiro atoms. The molecule has 4 rings (SSSR count). The molecule has 0 bridgehead atoms. The van der Waals surface area contributed by atoms with Crippen molar-refractivity contribution in [3.05, 3.63) is 47.5 Å². The summed E-state index contributed by atoms with van der Waals surface area (Å²) < 4.78 is 22.8. The standard InChI is InChI=1S/C19H21NO4/c1-3-15(19-17(4-1)21-7-2-8-24-19)13-20-12-14-5-6-16-18(11-14)23-10-9-22-16/h1,3-6,11,20H,2,7-10,12-13H2. The third-order valence-corrected chi connectivity index (χ3v) is 4.10. The van der Waals surface area contributed by atoms with Crippen molar-refractivity contribution in [1.29, 1.82) is 0 Å². The Bertz CT molecular complexity index is 717. The average molecular weight is 327 g/mol. The monoisotopic (exact) mass is 327 g/mol. The van der Waals surface area contributed by atoms with Gasteiger partial charge in [-0.1, -0.05) is 18.2 Å². The number of hydrogen-bond donors (Lipinski definition) is 1. The molecule has 0 saturated heterocycles. The van der Waals surface area contributed by atoms with Crippen molar-refractivity contribution in [3.63, 3.8) is 0 Å². The van der Waals surface area contributed by atoms with E-state index in [1.807, 2.05) is 24.3 Å². The summed E-state index contributed by atoms with van der Waals surface area (Å²) in [4.78, 5) is 0. The number of nitrogens with one attached hydrogen (secondary N) is 1. The Morgan fingerprint density at radius 1 is 0.750 bits per heavy atom. The van der Waals surface area contributed by atoms with Crippen LogP contribution in [0.25, 0.3) is 0 Å². The molecular formula is C19H21NO4. The minimum Gasteiger partial charge on any atom is -0.490 e. The van der Waals surface area contributed by atoms with Crippen molar-refractivity contribution < 1.29 is 18.9 Å². The number of fused-ring (bicyclic) bond motifs is 2. The highest BCUT2D eigenvalue weighted by atomic mass is 16.6. The highest BCUT2D eigenvalue weighted by molar-refractivity contribution is 5.47. The van der Waals surface area contributed by atoms with E-state index < -0.39 is 0 Å². The van der Waals surface area contributed by atoms with E-state index in [2.05, 4.69) is 17.4 Å². The van der Waals surface area contributed by atoms with E-state index in [1.54, 1.807) is 0 Å². The van der Waals surface area contributed by atoms with Crippen LogP contribution >= 0.6 is 0 Å². The maximum Gasteiger partial charge on any atom is 0.165 e. The summed E-state index contributed by atoms with van der Waals surface area (Å²) in [5, 5.41) is 3.46. The van der Waals surface area contributed by atoms with E-state index >= 15 is 0 Å². The van der Waals surface area contributed by atoms with Gasteiger partial charge in [-0.25, -0.2) is 0 Å². The van der Waals surface area contributed by atoms with Gasteiger partial charge in [-0.3, -0.25) is 0 Å². The van der Waals surface area contributed by atoms with Crippen LogP contribution in [-0.4, -0.2) is 26.4 Å². The molecule has 2 aliphatic rings. The first-order valence-corrected chi connectivity index (χ1v) is 8.37. The van der Waals surface area contributed by atoms with Gasteiger partial charge in [0.25, 0.3) is 0 Å². The van der Waals surface area contributed by atoms with Crippen molar-refractivity contribution in [2.45, 2.75) is 19.5 Å². The lowest BCUT2D eigenvalue weighted by Crippen LogP contribution is -2.17. The predicted molar refractivity (Wildman–Crippen MR) is 90.0 cm³/mol. The summed E-state index contributed by atoms with van der Waals surface area (Å²) >= 11 is 0. The Labute approximate surface area is 141 Å². The third-order valence-electron chi connectivity index (χ3n) is 4.10. The van der Waals surface area contributed by atoms with Crippen molar-refractivity contribution in [2.24, 2.45) is 0 Å². The fourth-order valence-corrected chi connectivity index (χ4v) is 2.93. The fraction of sp³-hybridized carbons (Fsp3) is 0.368. The molecule has 0 aliphatic carbocycles. The van der Waals surface area contributed by atoms with Gasteiger partial charge in [0.05, 0.1) is 13.2 Å². The van der Waals surface area contributed by atoms with Crippen LogP contribution in [0.15, 0.2) is 36.4 Å². The molecule has 2 heterocycles. The summed E-state index contributed by atoms with van der Waals surface area (Å²) in [7, 11) is 0. The SMILES string of the molecule is c1cc(CNCc2ccc3c(c2)OCCO3)c2c(c1)OCCCO2. The Hall–Kier alpha value is -2.40. The second kappa shape index (κ2) is 7.01. The molecule has 5 nitrogen and oxygen atoms in total. The first-order valence-electron chi connectivity index (χ1n) is 8.37. The van der Waals surface area contributed by atoms with Gasteiger partial charge in [0.2, 0.25) is 0 Å². The molecule has 2 aliphatic heterocycles. The number of hydrogen-bond acceptors (Lipinski definition) is 5. The Morgan fingerprint density at radius 3 is 2.54 bits per heavy atom. The van der Waals surface area contributed by atoms with Gasteiger partial charge in [0.15, 0.2) is 23.0 Å². The second-order valence-corrected chi connectivity index (χ2v) is 5.88.